The maximum Gasteiger partial charge on any atom is 0.407 e. The number of aryl methyl sites for hydroxylation is 1. The summed E-state index contributed by atoms with van der Waals surface area (Å²) < 4.78 is 32.6. The highest BCUT2D eigenvalue weighted by molar-refractivity contribution is 7.92. The van der Waals surface area contributed by atoms with Crippen LogP contribution in [0.3, 0.4) is 0 Å². The van der Waals surface area contributed by atoms with Crippen LogP contribution in [-0.4, -0.2) is 38.8 Å². The van der Waals surface area contributed by atoms with Crippen LogP contribution in [0.15, 0.2) is 47.4 Å². The Bertz CT molecular complexity index is 941. The molecule has 1 heterocycles. The molecule has 0 bridgehead atoms. The third kappa shape index (κ3) is 4.00. The van der Waals surface area contributed by atoms with Gasteiger partial charge < -0.3 is 15.2 Å². The van der Waals surface area contributed by atoms with E-state index >= 15 is 0 Å². The Morgan fingerprint density at radius 1 is 1.26 bits per heavy atom. The Labute approximate surface area is 158 Å². The molecular formula is C19H22N2O5S. The number of carbonyl (C=O) groups excluding carboxylic acids is 1. The number of sulfonamides is 1. The predicted molar refractivity (Wildman–Crippen MR) is 101 cm³/mol. The number of nitrogens with one attached hydrogen (secondary N) is 1. The number of phenols is 1. The summed E-state index contributed by atoms with van der Waals surface area (Å²) in [6.45, 7) is 3.88. The van der Waals surface area contributed by atoms with Crippen LogP contribution in [0.2, 0.25) is 0 Å². The fraction of sp³-hybridized carbons (Fsp3) is 0.316. The Balaban J connectivity index is 1.99. The summed E-state index contributed by atoms with van der Waals surface area (Å²) in [4.78, 5) is 12.0. The van der Waals surface area contributed by atoms with Crippen molar-refractivity contribution in [3.05, 3.63) is 53.6 Å². The number of carbonyl (C=O) groups is 1. The number of aromatic hydroxyl groups is 1. The van der Waals surface area contributed by atoms with Crippen LogP contribution < -0.4 is 9.62 Å². The smallest absolute Gasteiger partial charge is 0.407 e. The number of phenolic OH excluding ortho intramolecular Hbond substituents is 1. The minimum absolute atomic E-state index is 0.0400. The number of fused-ring (bicyclic) bond motifs is 1. The zero-order valence-electron chi connectivity index (χ0n) is 15.2. The third-order valence-corrected chi connectivity index (χ3v) is 6.18. The van der Waals surface area contributed by atoms with Crippen LogP contribution >= 0.6 is 0 Å². The van der Waals surface area contributed by atoms with Gasteiger partial charge in [-0.05, 0) is 56.2 Å². The Kier molecular flexibility index (Phi) is 5.27. The molecule has 1 aliphatic heterocycles. The predicted octanol–water partition coefficient (Wildman–Crippen LogP) is 2.57. The molecule has 2 N–H and O–H groups in total. The number of hydrogen-bond donors (Lipinski definition) is 2. The van der Waals surface area contributed by atoms with Gasteiger partial charge in [0.05, 0.1) is 29.8 Å². The van der Waals surface area contributed by atoms with E-state index in [1.54, 1.807) is 37.3 Å². The second-order valence-corrected chi connectivity index (χ2v) is 8.29. The zero-order valence-corrected chi connectivity index (χ0v) is 16.0. The number of alkyl carbamates (subject to hydrolysis) is 1. The van der Waals surface area contributed by atoms with Gasteiger partial charge in [0.15, 0.2) is 0 Å². The minimum Gasteiger partial charge on any atom is -0.508 e. The van der Waals surface area contributed by atoms with E-state index in [1.807, 2.05) is 6.92 Å². The van der Waals surface area contributed by atoms with E-state index in [-0.39, 0.29) is 23.8 Å². The van der Waals surface area contributed by atoms with Crippen LogP contribution in [0.4, 0.5) is 10.5 Å². The molecule has 7 nitrogen and oxygen atoms in total. The van der Waals surface area contributed by atoms with Gasteiger partial charge in [-0.3, -0.25) is 4.31 Å². The van der Waals surface area contributed by atoms with Gasteiger partial charge in [-0.15, -0.1) is 0 Å². The maximum absolute atomic E-state index is 13.2. The van der Waals surface area contributed by atoms with Crippen molar-refractivity contribution in [2.24, 2.45) is 0 Å². The van der Waals surface area contributed by atoms with Gasteiger partial charge in [0.2, 0.25) is 0 Å². The molecule has 8 heteroatoms. The van der Waals surface area contributed by atoms with Gasteiger partial charge >= 0.3 is 6.09 Å². The van der Waals surface area contributed by atoms with Crippen molar-refractivity contribution in [1.29, 1.82) is 0 Å². The fourth-order valence-corrected chi connectivity index (χ4v) is 4.66. The quantitative estimate of drug-likeness (QED) is 0.836. The number of amides is 1. The monoisotopic (exact) mass is 390 g/mol. The normalized spacial score (nSPS) is 16.5. The Hall–Kier alpha value is -2.74. The average molecular weight is 390 g/mol. The number of benzene rings is 2. The van der Waals surface area contributed by atoms with Crippen molar-refractivity contribution >= 4 is 21.8 Å². The van der Waals surface area contributed by atoms with Crippen molar-refractivity contribution in [2.45, 2.75) is 31.2 Å². The third-order valence-electron chi connectivity index (χ3n) is 4.39. The first-order valence-corrected chi connectivity index (χ1v) is 10.1. The maximum atomic E-state index is 13.2. The molecule has 1 unspecified atom stereocenters. The number of hydrogen-bond acceptors (Lipinski definition) is 5. The molecular weight excluding hydrogens is 368 g/mol. The summed E-state index contributed by atoms with van der Waals surface area (Å²) in [7, 11) is -3.83. The van der Waals surface area contributed by atoms with Crippen LogP contribution in [0, 0.1) is 6.92 Å². The van der Waals surface area contributed by atoms with Crippen molar-refractivity contribution in [3.63, 3.8) is 0 Å². The van der Waals surface area contributed by atoms with Crippen molar-refractivity contribution in [1.82, 2.24) is 5.32 Å². The highest BCUT2D eigenvalue weighted by Gasteiger charge is 2.34. The first kappa shape index (κ1) is 19.0. The number of ether oxygens (including phenoxy) is 1. The lowest BCUT2D eigenvalue weighted by Crippen LogP contribution is -2.50. The molecule has 3 rings (SSSR count). The van der Waals surface area contributed by atoms with Crippen LogP contribution in [0.5, 0.6) is 5.75 Å². The average Bonchev–Trinajstić information content (AvgIpc) is 2.61. The summed E-state index contributed by atoms with van der Waals surface area (Å²) in [5.41, 5.74) is 2.09. The number of rotatable bonds is 4. The van der Waals surface area contributed by atoms with E-state index in [1.165, 1.54) is 16.4 Å². The van der Waals surface area contributed by atoms with Gasteiger partial charge in [-0.2, -0.15) is 0 Å². The van der Waals surface area contributed by atoms with Crippen LogP contribution in [-0.2, 0) is 21.2 Å². The van der Waals surface area contributed by atoms with Gasteiger partial charge in [-0.25, -0.2) is 13.2 Å². The molecule has 0 saturated heterocycles. The van der Waals surface area contributed by atoms with Crippen molar-refractivity contribution < 1.29 is 23.1 Å². The van der Waals surface area contributed by atoms with Gasteiger partial charge in [0, 0.05) is 0 Å². The second kappa shape index (κ2) is 7.48. The van der Waals surface area contributed by atoms with E-state index in [0.717, 1.165) is 5.56 Å². The van der Waals surface area contributed by atoms with E-state index in [2.05, 4.69) is 5.32 Å². The Morgan fingerprint density at radius 3 is 2.63 bits per heavy atom. The topological polar surface area (TPSA) is 95.9 Å². The van der Waals surface area contributed by atoms with Gasteiger partial charge in [0.25, 0.3) is 10.0 Å². The molecule has 1 atom stereocenters. The summed E-state index contributed by atoms with van der Waals surface area (Å²) in [6, 6.07) is 10.7. The van der Waals surface area contributed by atoms with E-state index in [0.29, 0.717) is 17.7 Å². The molecule has 0 fully saturated rings. The van der Waals surface area contributed by atoms with Crippen LogP contribution in [0.25, 0.3) is 0 Å². The highest BCUT2D eigenvalue weighted by atomic mass is 32.2. The SMILES string of the molecule is CCOC(=O)NC1Cc2cc(O)ccc2N(S(=O)(=O)c2ccc(C)cc2)C1. The molecule has 0 radical (unpaired) electrons. The molecule has 27 heavy (non-hydrogen) atoms. The molecule has 2 aromatic carbocycles. The van der Waals surface area contributed by atoms with Crippen LogP contribution in [0.1, 0.15) is 18.1 Å². The molecule has 0 saturated carbocycles. The zero-order chi connectivity index (χ0) is 19.6. The van der Waals surface area contributed by atoms with E-state index < -0.39 is 22.2 Å². The summed E-state index contributed by atoms with van der Waals surface area (Å²) in [6.07, 6.45) is -0.207. The number of nitrogens with zero attached hydrogens (tertiary/aromatic N) is 1. The first-order chi connectivity index (χ1) is 12.8. The van der Waals surface area contributed by atoms with Gasteiger partial charge in [-0.1, -0.05) is 17.7 Å². The molecule has 0 aliphatic carbocycles. The minimum atomic E-state index is -3.83. The fourth-order valence-electron chi connectivity index (χ4n) is 3.11. The first-order valence-electron chi connectivity index (χ1n) is 8.66. The molecule has 0 aromatic heterocycles. The molecule has 1 amide bonds. The van der Waals surface area contributed by atoms with E-state index in [9.17, 15) is 18.3 Å². The highest BCUT2D eigenvalue weighted by Crippen LogP contribution is 2.34. The molecule has 0 spiro atoms. The Morgan fingerprint density at radius 2 is 1.96 bits per heavy atom. The summed E-state index contributed by atoms with van der Waals surface area (Å²) in [5, 5.41) is 12.5. The van der Waals surface area contributed by atoms with Crippen molar-refractivity contribution in [3.8, 4) is 5.75 Å². The van der Waals surface area contributed by atoms with E-state index in [4.69, 9.17) is 4.74 Å². The lowest BCUT2D eigenvalue weighted by Gasteiger charge is -2.35. The largest absolute Gasteiger partial charge is 0.508 e. The molecule has 1 aliphatic rings. The molecule has 2 aromatic rings. The number of anilines is 1. The molecule has 144 valence electrons. The van der Waals surface area contributed by atoms with Crippen molar-refractivity contribution in [2.75, 3.05) is 17.5 Å². The summed E-state index contributed by atoms with van der Waals surface area (Å²) >= 11 is 0. The summed E-state index contributed by atoms with van der Waals surface area (Å²) in [5.74, 6) is 0.0400. The van der Waals surface area contributed by atoms with Gasteiger partial charge in [0.1, 0.15) is 5.75 Å². The standard InChI is InChI=1S/C19H22N2O5S/c1-3-26-19(23)20-15-10-14-11-16(22)6-9-18(14)21(12-15)27(24,25)17-7-4-13(2)5-8-17/h4-9,11,15,22H,3,10,12H2,1-2H3,(H,20,23). The second-order valence-electron chi connectivity index (χ2n) is 6.43. The lowest BCUT2D eigenvalue weighted by molar-refractivity contribution is 0.148. The lowest BCUT2D eigenvalue weighted by atomic mass is 9.99.